The van der Waals surface area contributed by atoms with E-state index in [2.05, 4.69) is 24.0 Å². The molecular formula is C20H30O4. The molecule has 0 saturated heterocycles. The number of rotatable bonds is 12. The van der Waals surface area contributed by atoms with Crippen molar-refractivity contribution in [1.82, 2.24) is 0 Å². The molecule has 1 rings (SSSR count). The highest BCUT2D eigenvalue weighted by molar-refractivity contribution is 6.07. The molecule has 0 amide bonds. The predicted molar refractivity (Wildman–Crippen MR) is 96.3 cm³/mol. The van der Waals surface area contributed by atoms with E-state index in [4.69, 9.17) is 4.89 Å². The first-order valence-corrected chi connectivity index (χ1v) is 8.75. The third-order valence-electron chi connectivity index (χ3n) is 3.86. The van der Waals surface area contributed by atoms with Crippen molar-refractivity contribution in [3.8, 4) is 0 Å². The lowest BCUT2D eigenvalue weighted by molar-refractivity contribution is -0.272. The van der Waals surface area contributed by atoms with E-state index in [0.717, 1.165) is 31.3 Å². The fraction of sp³-hybridized carbons (Fsp3) is 0.550. The molecule has 0 heterocycles. The predicted octanol–water partition coefficient (Wildman–Crippen LogP) is 4.08. The lowest BCUT2D eigenvalue weighted by atomic mass is 9.96. The van der Waals surface area contributed by atoms with Crippen molar-refractivity contribution in [2.75, 3.05) is 13.7 Å². The van der Waals surface area contributed by atoms with Gasteiger partial charge in [-0.25, -0.2) is 9.78 Å². The first-order valence-electron chi connectivity index (χ1n) is 8.75. The van der Waals surface area contributed by atoms with Crippen LogP contribution < -0.4 is 0 Å². The van der Waals surface area contributed by atoms with Gasteiger partial charge in [-0.2, -0.15) is 0 Å². The van der Waals surface area contributed by atoms with Crippen LogP contribution in [0.3, 0.4) is 0 Å². The van der Waals surface area contributed by atoms with Crippen LogP contribution in [0.2, 0.25) is 0 Å². The fourth-order valence-corrected chi connectivity index (χ4v) is 2.53. The molecule has 1 aliphatic carbocycles. The number of ketones is 1. The van der Waals surface area contributed by atoms with E-state index >= 15 is 0 Å². The topological polar surface area (TPSA) is 55.8 Å². The highest BCUT2D eigenvalue weighted by Crippen LogP contribution is 2.26. The Morgan fingerprint density at radius 3 is 2.83 bits per heavy atom. The molecule has 0 aromatic carbocycles. The third-order valence-corrected chi connectivity index (χ3v) is 3.86. The summed E-state index contributed by atoms with van der Waals surface area (Å²) in [6, 6.07) is 0. The van der Waals surface area contributed by atoms with Crippen LogP contribution in [0.15, 0.2) is 48.1 Å². The number of hydrogen-bond donors (Lipinski definition) is 1. The first kappa shape index (κ1) is 20.6. The van der Waals surface area contributed by atoms with Gasteiger partial charge in [-0.3, -0.25) is 4.79 Å². The van der Waals surface area contributed by atoms with Crippen LogP contribution in [-0.4, -0.2) is 30.7 Å². The summed E-state index contributed by atoms with van der Waals surface area (Å²) in [6.45, 7) is 2.65. The van der Waals surface area contributed by atoms with Gasteiger partial charge in [-0.05, 0) is 44.6 Å². The van der Waals surface area contributed by atoms with E-state index in [0.29, 0.717) is 19.4 Å². The molecule has 0 aromatic rings. The van der Waals surface area contributed by atoms with E-state index in [-0.39, 0.29) is 11.7 Å². The molecule has 0 spiro atoms. The minimum atomic E-state index is -0.425. The van der Waals surface area contributed by atoms with Gasteiger partial charge in [0.1, 0.15) is 0 Å². The van der Waals surface area contributed by atoms with Gasteiger partial charge in [0.25, 0.3) is 0 Å². The van der Waals surface area contributed by atoms with Crippen LogP contribution in [0.4, 0.5) is 0 Å². The summed E-state index contributed by atoms with van der Waals surface area (Å²) in [5.74, 6) is 0.195. The SMILES string of the molecule is CC/C=C\CC(O)C/C=C1/C(=O)C=CC1C/C=C\CCCOOC. The Hall–Kier alpha value is -1.49. The molecule has 0 aromatic heterocycles. The Balaban J connectivity index is 2.39. The summed E-state index contributed by atoms with van der Waals surface area (Å²) in [5, 5.41) is 9.96. The van der Waals surface area contributed by atoms with Gasteiger partial charge < -0.3 is 5.11 Å². The maximum Gasteiger partial charge on any atom is 0.181 e. The highest BCUT2D eigenvalue weighted by Gasteiger charge is 2.21. The van der Waals surface area contributed by atoms with Crippen LogP contribution in [-0.2, 0) is 14.6 Å². The minimum Gasteiger partial charge on any atom is -0.392 e. The summed E-state index contributed by atoms with van der Waals surface area (Å²) < 4.78 is 0. The standard InChI is InChI=1S/C20H30O4/c1-3-4-7-11-18(21)13-14-19-17(12-15-20(19)22)10-8-5-6-9-16-24-23-2/h4-5,7-8,12,14-15,17-18,21H,3,6,9-11,13,16H2,1-2H3/b7-4-,8-5-,19-14+. The van der Waals surface area contributed by atoms with Gasteiger partial charge in [-0.15, -0.1) is 0 Å². The normalized spacial score (nSPS) is 20.9. The summed E-state index contributed by atoms with van der Waals surface area (Å²) in [6.07, 6.45) is 18.1. The smallest absolute Gasteiger partial charge is 0.181 e. The van der Waals surface area contributed by atoms with E-state index in [9.17, 15) is 9.90 Å². The van der Waals surface area contributed by atoms with Crippen molar-refractivity contribution in [3.05, 3.63) is 48.1 Å². The maximum absolute atomic E-state index is 12.0. The number of unbranched alkanes of at least 4 members (excludes halogenated alkanes) is 1. The number of carbonyl (C=O) groups is 1. The number of aliphatic hydroxyl groups excluding tert-OH is 1. The lowest BCUT2D eigenvalue weighted by Crippen LogP contribution is -2.07. The highest BCUT2D eigenvalue weighted by atomic mass is 17.2. The van der Waals surface area contributed by atoms with Gasteiger partial charge in [0.15, 0.2) is 5.78 Å². The molecule has 1 N–H and O–H groups in total. The van der Waals surface area contributed by atoms with Gasteiger partial charge >= 0.3 is 0 Å². The van der Waals surface area contributed by atoms with Crippen molar-refractivity contribution in [3.63, 3.8) is 0 Å². The van der Waals surface area contributed by atoms with E-state index in [1.165, 1.54) is 7.11 Å². The van der Waals surface area contributed by atoms with E-state index in [1.807, 2.05) is 24.3 Å². The summed E-state index contributed by atoms with van der Waals surface area (Å²) >= 11 is 0. The van der Waals surface area contributed by atoms with Crippen LogP contribution in [0.25, 0.3) is 0 Å². The number of hydrogen-bond acceptors (Lipinski definition) is 4. The average molecular weight is 334 g/mol. The molecule has 0 fully saturated rings. The van der Waals surface area contributed by atoms with E-state index in [1.54, 1.807) is 6.08 Å². The zero-order valence-electron chi connectivity index (χ0n) is 14.8. The minimum absolute atomic E-state index is 0.0678. The molecule has 4 heteroatoms. The summed E-state index contributed by atoms with van der Waals surface area (Å²) in [5.41, 5.74) is 0.806. The van der Waals surface area contributed by atoms with E-state index < -0.39 is 6.10 Å². The molecule has 134 valence electrons. The molecule has 1 aliphatic rings. The Bertz CT molecular complexity index is 474. The van der Waals surface area contributed by atoms with Gasteiger partial charge in [-0.1, -0.05) is 43.4 Å². The summed E-state index contributed by atoms with van der Waals surface area (Å²) in [4.78, 5) is 21.3. The van der Waals surface area contributed by atoms with Crippen LogP contribution in [0.5, 0.6) is 0 Å². The lowest BCUT2D eigenvalue weighted by Gasteiger charge is -2.10. The number of allylic oxidation sites excluding steroid dienone is 6. The molecule has 0 bridgehead atoms. The fourth-order valence-electron chi connectivity index (χ4n) is 2.53. The zero-order valence-corrected chi connectivity index (χ0v) is 14.8. The van der Waals surface area contributed by atoms with Crippen molar-refractivity contribution in [2.45, 2.75) is 51.6 Å². The summed E-state index contributed by atoms with van der Waals surface area (Å²) in [7, 11) is 1.50. The first-order chi connectivity index (χ1) is 11.7. The third kappa shape index (κ3) is 8.39. The van der Waals surface area contributed by atoms with Crippen molar-refractivity contribution >= 4 is 5.78 Å². The quantitative estimate of drug-likeness (QED) is 0.192. The molecule has 2 unspecified atom stereocenters. The molecule has 0 saturated carbocycles. The number of carbonyl (C=O) groups excluding carboxylic acids is 1. The molecule has 4 nitrogen and oxygen atoms in total. The largest absolute Gasteiger partial charge is 0.392 e. The van der Waals surface area contributed by atoms with Crippen LogP contribution in [0, 0.1) is 5.92 Å². The van der Waals surface area contributed by atoms with Gasteiger partial charge in [0, 0.05) is 11.5 Å². The Morgan fingerprint density at radius 1 is 1.25 bits per heavy atom. The Morgan fingerprint density at radius 2 is 2.08 bits per heavy atom. The average Bonchev–Trinajstić information content (AvgIpc) is 2.92. The van der Waals surface area contributed by atoms with Crippen molar-refractivity contribution < 1.29 is 19.7 Å². The van der Waals surface area contributed by atoms with Gasteiger partial charge in [0.2, 0.25) is 0 Å². The Labute approximate surface area is 145 Å². The second kappa shape index (κ2) is 12.9. The second-order valence-corrected chi connectivity index (χ2v) is 5.83. The Kier molecular flexibility index (Phi) is 11.0. The molecule has 0 aliphatic heterocycles. The van der Waals surface area contributed by atoms with Crippen LogP contribution in [0.1, 0.15) is 45.4 Å². The molecular weight excluding hydrogens is 304 g/mol. The molecule has 2 atom stereocenters. The molecule has 0 radical (unpaired) electrons. The number of aliphatic hydroxyl groups is 1. The molecule has 24 heavy (non-hydrogen) atoms. The second-order valence-electron chi connectivity index (χ2n) is 5.83. The van der Waals surface area contributed by atoms with Crippen LogP contribution >= 0.6 is 0 Å². The monoisotopic (exact) mass is 334 g/mol. The maximum atomic E-state index is 12.0. The zero-order chi connectivity index (χ0) is 17.6. The van der Waals surface area contributed by atoms with Crippen molar-refractivity contribution in [2.24, 2.45) is 5.92 Å². The van der Waals surface area contributed by atoms with Gasteiger partial charge in [0.05, 0.1) is 19.8 Å². The van der Waals surface area contributed by atoms with Crippen molar-refractivity contribution in [1.29, 1.82) is 0 Å².